The molecule has 1 aliphatic rings. The van der Waals surface area contributed by atoms with E-state index in [2.05, 4.69) is 0 Å². The van der Waals surface area contributed by atoms with Gasteiger partial charge in [-0.15, -0.1) is 11.8 Å². The molecule has 146 valence electrons. The van der Waals surface area contributed by atoms with Gasteiger partial charge in [0.2, 0.25) is 0 Å². The van der Waals surface area contributed by atoms with Gasteiger partial charge in [-0.3, -0.25) is 9.59 Å². The Morgan fingerprint density at radius 3 is 2.43 bits per heavy atom. The fourth-order valence-corrected chi connectivity index (χ4v) is 4.01. The van der Waals surface area contributed by atoms with Gasteiger partial charge in [-0.25, -0.2) is 4.90 Å². The second kappa shape index (κ2) is 8.84. The molecule has 2 amide bonds. The largest absolute Gasteiger partial charge is 0.494 e. The number of hydrogen-bond acceptors (Lipinski definition) is 4. The molecule has 6 heteroatoms. The Balaban J connectivity index is 2.02. The van der Waals surface area contributed by atoms with Gasteiger partial charge in [-0.2, -0.15) is 0 Å². The van der Waals surface area contributed by atoms with Crippen LogP contribution >= 0.6 is 23.4 Å². The molecule has 0 saturated heterocycles. The first-order valence-corrected chi connectivity index (χ1v) is 10.5. The molecule has 0 N–H and O–H groups in total. The lowest BCUT2D eigenvalue weighted by molar-refractivity contribution is -0.119. The first kappa shape index (κ1) is 20.5. The van der Waals surface area contributed by atoms with Gasteiger partial charge in [0.25, 0.3) is 11.8 Å². The normalized spacial score (nSPS) is 14.4. The summed E-state index contributed by atoms with van der Waals surface area (Å²) >= 11 is 7.39. The molecule has 2 aromatic carbocycles. The molecule has 3 rings (SSSR count). The Morgan fingerprint density at radius 1 is 1.07 bits per heavy atom. The number of carbonyl (C=O) groups is 2. The van der Waals surface area contributed by atoms with Crippen LogP contribution in [0.4, 0.5) is 5.69 Å². The number of anilines is 1. The standard InChI is InChI=1S/C22H22ClNO3S/c1-4-12-27-18-7-5-6-17(13-18)24-21(25)19(15-8-10-16(23)11-9-15)20(22(24)26)28-14(2)3/h5-11,13-14H,4,12H2,1-3H3. The number of hydrogen-bond donors (Lipinski definition) is 0. The van der Waals surface area contributed by atoms with Gasteiger partial charge in [0.1, 0.15) is 5.75 Å². The van der Waals surface area contributed by atoms with Gasteiger partial charge in [0.15, 0.2) is 0 Å². The number of benzene rings is 2. The van der Waals surface area contributed by atoms with Crippen molar-refractivity contribution in [2.75, 3.05) is 11.5 Å². The highest BCUT2D eigenvalue weighted by Crippen LogP contribution is 2.40. The zero-order valence-corrected chi connectivity index (χ0v) is 17.6. The maximum atomic E-state index is 13.3. The Hall–Kier alpha value is -2.24. The van der Waals surface area contributed by atoms with E-state index in [0.717, 1.165) is 6.42 Å². The molecule has 0 fully saturated rings. The zero-order chi connectivity index (χ0) is 20.3. The number of imide groups is 1. The summed E-state index contributed by atoms with van der Waals surface area (Å²) < 4.78 is 5.66. The van der Waals surface area contributed by atoms with Crippen LogP contribution < -0.4 is 9.64 Å². The summed E-state index contributed by atoms with van der Waals surface area (Å²) in [5.74, 6) is 0.00219. The molecule has 0 radical (unpaired) electrons. The average Bonchev–Trinajstić information content (AvgIpc) is 2.90. The van der Waals surface area contributed by atoms with Crippen molar-refractivity contribution in [3.8, 4) is 5.75 Å². The highest BCUT2D eigenvalue weighted by molar-refractivity contribution is 8.04. The molecule has 0 aromatic heterocycles. The fourth-order valence-electron chi connectivity index (χ4n) is 2.89. The number of amides is 2. The van der Waals surface area contributed by atoms with E-state index in [1.807, 2.05) is 26.8 Å². The Kier molecular flexibility index (Phi) is 6.47. The van der Waals surface area contributed by atoms with Crippen molar-refractivity contribution in [3.05, 3.63) is 64.0 Å². The molecule has 2 aromatic rings. The lowest BCUT2D eigenvalue weighted by Crippen LogP contribution is -2.31. The summed E-state index contributed by atoms with van der Waals surface area (Å²) in [6, 6.07) is 14.1. The summed E-state index contributed by atoms with van der Waals surface area (Å²) in [5, 5.41) is 0.741. The number of carbonyl (C=O) groups excluding carboxylic acids is 2. The van der Waals surface area contributed by atoms with Gasteiger partial charge in [-0.05, 0) is 36.2 Å². The van der Waals surface area contributed by atoms with Crippen LogP contribution in [-0.4, -0.2) is 23.7 Å². The van der Waals surface area contributed by atoms with Crippen molar-refractivity contribution < 1.29 is 14.3 Å². The third-order valence-corrected chi connectivity index (χ3v) is 5.41. The number of rotatable bonds is 7. The van der Waals surface area contributed by atoms with Gasteiger partial charge in [0.05, 0.1) is 22.8 Å². The minimum Gasteiger partial charge on any atom is -0.494 e. The Labute approximate surface area is 174 Å². The van der Waals surface area contributed by atoms with E-state index in [9.17, 15) is 9.59 Å². The number of ether oxygens (including phenoxy) is 1. The molecule has 0 atom stereocenters. The number of thioether (sulfide) groups is 1. The predicted octanol–water partition coefficient (Wildman–Crippen LogP) is 5.55. The summed E-state index contributed by atoms with van der Waals surface area (Å²) in [5.41, 5.74) is 1.61. The highest BCUT2D eigenvalue weighted by Gasteiger charge is 2.40. The maximum absolute atomic E-state index is 13.3. The maximum Gasteiger partial charge on any atom is 0.272 e. The van der Waals surface area contributed by atoms with Crippen molar-refractivity contribution in [3.63, 3.8) is 0 Å². The van der Waals surface area contributed by atoms with Crippen molar-refractivity contribution >= 4 is 46.4 Å². The zero-order valence-electron chi connectivity index (χ0n) is 16.1. The summed E-state index contributed by atoms with van der Waals surface area (Å²) in [6.07, 6.45) is 0.878. The quantitative estimate of drug-likeness (QED) is 0.556. The Bertz CT molecular complexity index is 922. The second-order valence-electron chi connectivity index (χ2n) is 6.67. The van der Waals surface area contributed by atoms with E-state index in [1.165, 1.54) is 16.7 Å². The molecule has 0 spiro atoms. The highest BCUT2D eigenvalue weighted by atomic mass is 35.5. The minimum atomic E-state index is -0.330. The molecule has 1 heterocycles. The molecule has 0 unspecified atom stereocenters. The van der Waals surface area contributed by atoms with E-state index in [-0.39, 0.29) is 17.1 Å². The topological polar surface area (TPSA) is 46.6 Å². The van der Waals surface area contributed by atoms with Crippen LogP contribution in [0.25, 0.3) is 5.57 Å². The van der Waals surface area contributed by atoms with Crippen LogP contribution in [0.1, 0.15) is 32.8 Å². The van der Waals surface area contributed by atoms with Crippen LogP contribution in [0, 0.1) is 0 Å². The molecule has 4 nitrogen and oxygen atoms in total. The average molecular weight is 416 g/mol. The number of halogens is 1. The smallest absolute Gasteiger partial charge is 0.272 e. The lowest BCUT2D eigenvalue weighted by atomic mass is 10.1. The number of nitrogens with zero attached hydrogens (tertiary/aromatic N) is 1. The van der Waals surface area contributed by atoms with Crippen LogP contribution in [-0.2, 0) is 9.59 Å². The summed E-state index contributed by atoms with van der Waals surface area (Å²) in [6.45, 7) is 6.59. The second-order valence-corrected chi connectivity index (χ2v) is 8.69. The van der Waals surface area contributed by atoms with Crippen LogP contribution in [0.2, 0.25) is 5.02 Å². The first-order valence-electron chi connectivity index (χ1n) is 9.21. The monoisotopic (exact) mass is 415 g/mol. The molecular weight excluding hydrogens is 394 g/mol. The first-order chi connectivity index (χ1) is 13.4. The van der Waals surface area contributed by atoms with E-state index < -0.39 is 0 Å². The molecule has 0 saturated carbocycles. The molecule has 0 aliphatic carbocycles. The third-order valence-electron chi connectivity index (χ3n) is 4.08. The molecular formula is C22H22ClNO3S. The van der Waals surface area contributed by atoms with Crippen molar-refractivity contribution in [1.29, 1.82) is 0 Å². The van der Waals surface area contributed by atoms with Gasteiger partial charge < -0.3 is 4.74 Å². The summed E-state index contributed by atoms with van der Waals surface area (Å²) in [4.78, 5) is 28.2. The van der Waals surface area contributed by atoms with Gasteiger partial charge in [0, 0.05) is 16.3 Å². The van der Waals surface area contributed by atoms with Gasteiger partial charge in [-0.1, -0.05) is 50.6 Å². The van der Waals surface area contributed by atoms with Crippen LogP contribution in [0.3, 0.4) is 0 Å². The predicted molar refractivity (Wildman–Crippen MR) is 116 cm³/mol. The molecule has 0 bridgehead atoms. The van der Waals surface area contributed by atoms with E-state index in [4.69, 9.17) is 16.3 Å². The van der Waals surface area contributed by atoms with Crippen molar-refractivity contribution in [2.24, 2.45) is 0 Å². The third kappa shape index (κ3) is 4.26. The summed E-state index contributed by atoms with van der Waals surface area (Å²) in [7, 11) is 0. The van der Waals surface area contributed by atoms with Crippen molar-refractivity contribution in [2.45, 2.75) is 32.4 Å². The fraction of sp³-hybridized carbons (Fsp3) is 0.273. The Morgan fingerprint density at radius 2 is 1.79 bits per heavy atom. The lowest BCUT2D eigenvalue weighted by Gasteiger charge is -2.16. The van der Waals surface area contributed by atoms with E-state index >= 15 is 0 Å². The van der Waals surface area contributed by atoms with Crippen LogP contribution in [0.5, 0.6) is 5.75 Å². The van der Waals surface area contributed by atoms with E-state index in [1.54, 1.807) is 42.5 Å². The molecule has 1 aliphatic heterocycles. The SMILES string of the molecule is CCCOc1cccc(N2C(=O)C(SC(C)C)=C(c3ccc(Cl)cc3)C2=O)c1. The van der Waals surface area contributed by atoms with E-state index in [0.29, 0.717) is 39.1 Å². The molecule has 28 heavy (non-hydrogen) atoms. The van der Waals surface area contributed by atoms with Crippen LogP contribution in [0.15, 0.2) is 53.4 Å². The van der Waals surface area contributed by atoms with Crippen molar-refractivity contribution in [1.82, 2.24) is 0 Å². The minimum absolute atomic E-state index is 0.160. The van der Waals surface area contributed by atoms with Gasteiger partial charge >= 0.3 is 0 Å².